The topological polar surface area (TPSA) is 157 Å². The van der Waals surface area contributed by atoms with Crippen molar-refractivity contribution in [2.75, 3.05) is 16.1 Å². The summed E-state index contributed by atoms with van der Waals surface area (Å²) in [5.74, 6) is -4.18. The lowest BCUT2D eigenvalue weighted by atomic mass is 9.91. The van der Waals surface area contributed by atoms with Crippen LogP contribution in [0, 0.1) is 11.3 Å². The third-order valence-corrected chi connectivity index (χ3v) is 9.61. The smallest absolute Gasteiger partial charge is 0.251 e. The Labute approximate surface area is 269 Å². The van der Waals surface area contributed by atoms with Crippen molar-refractivity contribution in [3.8, 4) is 6.07 Å². The average Bonchev–Trinajstić information content (AvgIpc) is 3.42. The molecule has 242 valence electrons. The van der Waals surface area contributed by atoms with Gasteiger partial charge < -0.3 is 5.11 Å². The molecule has 1 aromatic heterocycles. The first-order valence-electron chi connectivity index (χ1n) is 14.5. The molecule has 2 aliphatic rings. The van der Waals surface area contributed by atoms with Crippen LogP contribution in [0.3, 0.4) is 0 Å². The predicted octanol–water partition coefficient (Wildman–Crippen LogP) is 4.16. The Morgan fingerprint density at radius 2 is 1.89 bits per heavy atom. The van der Waals surface area contributed by atoms with Gasteiger partial charge in [0.15, 0.2) is 9.84 Å². The average molecular weight is 673 g/mol. The standard InChI is InChI=1S/C31H31ClF2N6O5S/c1-46(44,45)22-6-4-5-21(17-22)39(29(43)25-9-10-26(41)40(25)30-36-16-13-20(18-35)38-30)27(23-7-2-3-8-24(23)32)28(42)37-19-11-14-31(33,34)15-12-19/h2-8,13,16-17,19,25,27-28,37,42H,9-12,14-15H2,1H3/t25-,27-,28?/m0/s1. The summed E-state index contributed by atoms with van der Waals surface area (Å²) >= 11 is 6.64. The first-order chi connectivity index (χ1) is 21.8. The zero-order valence-corrected chi connectivity index (χ0v) is 26.3. The molecule has 0 spiro atoms. The van der Waals surface area contributed by atoms with Gasteiger partial charge in [0.1, 0.15) is 30.1 Å². The van der Waals surface area contributed by atoms with Crippen molar-refractivity contribution in [1.82, 2.24) is 15.3 Å². The number of nitrogens with zero attached hydrogens (tertiary/aromatic N) is 5. The molecule has 2 fully saturated rings. The lowest BCUT2D eigenvalue weighted by molar-refractivity contribution is -0.123. The maximum Gasteiger partial charge on any atom is 0.251 e. The second kappa shape index (κ2) is 13.4. The molecule has 1 saturated carbocycles. The Balaban J connectivity index is 1.64. The van der Waals surface area contributed by atoms with Gasteiger partial charge in [0.2, 0.25) is 17.8 Å². The molecule has 2 amide bonds. The first-order valence-corrected chi connectivity index (χ1v) is 16.8. The summed E-state index contributed by atoms with van der Waals surface area (Å²) in [6, 6.07) is 12.2. The van der Waals surface area contributed by atoms with Gasteiger partial charge in [-0.2, -0.15) is 5.26 Å². The molecule has 2 N–H and O–H groups in total. The minimum atomic E-state index is -3.75. The first kappa shape index (κ1) is 33.3. The number of nitriles is 1. The quantitative estimate of drug-likeness (QED) is 0.319. The number of sulfone groups is 1. The van der Waals surface area contributed by atoms with E-state index in [9.17, 15) is 37.2 Å². The lowest BCUT2D eigenvalue weighted by Crippen LogP contribution is -2.55. The van der Waals surface area contributed by atoms with Gasteiger partial charge in [-0.1, -0.05) is 35.9 Å². The molecule has 5 rings (SSSR count). The largest absolute Gasteiger partial charge is 0.376 e. The SMILES string of the molecule is CS(=O)(=O)c1cccc(N(C(=O)[C@@H]2CCC(=O)N2c2nccc(C#N)n2)[C@@H](c2ccccc2Cl)C(O)NC2CCC(F)(F)CC2)c1. The fourth-order valence-corrected chi connectivity index (χ4v) is 6.76. The summed E-state index contributed by atoms with van der Waals surface area (Å²) in [5.41, 5.74) is 0.321. The van der Waals surface area contributed by atoms with Gasteiger partial charge in [-0.3, -0.25) is 24.7 Å². The molecular weight excluding hydrogens is 642 g/mol. The number of carbonyl (C=O) groups is 2. The van der Waals surface area contributed by atoms with Crippen molar-refractivity contribution in [3.05, 3.63) is 77.1 Å². The lowest BCUT2D eigenvalue weighted by Gasteiger charge is -2.40. The Bertz CT molecular complexity index is 1780. The van der Waals surface area contributed by atoms with E-state index in [0.29, 0.717) is 0 Å². The Kier molecular flexibility index (Phi) is 9.69. The fourth-order valence-electron chi connectivity index (χ4n) is 5.85. The number of hydrogen-bond acceptors (Lipinski definition) is 9. The summed E-state index contributed by atoms with van der Waals surface area (Å²) in [5, 5.41) is 24.4. The number of benzene rings is 2. The highest BCUT2D eigenvalue weighted by Crippen LogP contribution is 2.39. The Hall–Kier alpha value is -4.03. The molecule has 2 heterocycles. The summed E-state index contributed by atoms with van der Waals surface area (Å²) < 4.78 is 53.0. The van der Waals surface area contributed by atoms with Crippen molar-refractivity contribution in [2.45, 2.75) is 73.7 Å². The zero-order valence-electron chi connectivity index (χ0n) is 24.7. The van der Waals surface area contributed by atoms with E-state index in [4.69, 9.17) is 11.6 Å². The second-order valence-electron chi connectivity index (χ2n) is 11.4. The normalized spacial score (nSPS) is 19.8. The Morgan fingerprint density at radius 1 is 1.17 bits per heavy atom. The predicted molar refractivity (Wildman–Crippen MR) is 165 cm³/mol. The van der Waals surface area contributed by atoms with Crippen molar-refractivity contribution >= 4 is 44.9 Å². The maximum atomic E-state index is 14.8. The number of aliphatic hydroxyl groups excluding tert-OH is 1. The third-order valence-electron chi connectivity index (χ3n) is 8.16. The van der Waals surface area contributed by atoms with Crippen molar-refractivity contribution < 1.29 is 31.9 Å². The number of alkyl halides is 2. The summed E-state index contributed by atoms with van der Waals surface area (Å²) in [7, 11) is -3.75. The number of aliphatic hydroxyl groups is 1. The summed E-state index contributed by atoms with van der Waals surface area (Å²) in [6.07, 6.45) is 0.0555. The van der Waals surface area contributed by atoms with E-state index >= 15 is 0 Å². The second-order valence-corrected chi connectivity index (χ2v) is 13.8. The van der Waals surface area contributed by atoms with Crippen molar-refractivity contribution in [3.63, 3.8) is 0 Å². The van der Waals surface area contributed by atoms with Gasteiger partial charge in [0, 0.05) is 48.5 Å². The van der Waals surface area contributed by atoms with Crippen molar-refractivity contribution in [1.29, 1.82) is 5.26 Å². The van der Waals surface area contributed by atoms with Gasteiger partial charge in [0.25, 0.3) is 5.91 Å². The third kappa shape index (κ3) is 7.18. The van der Waals surface area contributed by atoms with Crippen molar-refractivity contribution in [2.24, 2.45) is 0 Å². The molecule has 1 aliphatic heterocycles. The number of aromatic nitrogens is 2. The van der Waals surface area contributed by atoms with Gasteiger partial charge in [-0.05, 0) is 55.2 Å². The van der Waals surface area contributed by atoms with Crippen LogP contribution in [-0.2, 0) is 19.4 Å². The highest BCUT2D eigenvalue weighted by molar-refractivity contribution is 7.90. The van der Waals surface area contributed by atoms with E-state index < -0.39 is 51.9 Å². The molecule has 1 unspecified atom stereocenters. The van der Waals surface area contributed by atoms with Crippen LogP contribution >= 0.6 is 11.6 Å². The molecule has 1 saturated heterocycles. The van der Waals surface area contributed by atoms with Crippen LogP contribution in [-0.4, -0.2) is 65.8 Å². The number of hydrogen-bond donors (Lipinski definition) is 2. The van der Waals surface area contributed by atoms with E-state index in [1.807, 2.05) is 6.07 Å². The molecule has 46 heavy (non-hydrogen) atoms. The molecule has 0 bridgehead atoms. The number of rotatable bonds is 9. The van der Waals surface area contributed by atoms with E-state index in [1.165, 1.54) is 41.4 Å². The number of amides is 2. The van der Waals surface area contributed by atoms with Crippen LogP contribution < -0.4 is 15.1 Å². The molecule has 15 heteroatoms. The molecule has 3 aromatic rings. The monoisotopic (exact) mass is 672 g/mol. The van der Waals surface area contributed by atoms with Crippen LogP contribution in [0.5, 0.6) is 0 Å². The number of halogens is 3. The van der Waals surface area contributed by atoms with Crippen LogP contribution in [0.25, 0.3) is 0 Å². The number of nitrogens with one attached hydrogen (secondary N) is 1. The van der Waals surface area contributed by atoms with Crippen LogP contribution in [0.2, 0.25) is 5.02 Å². The van der Waals surface area contributed by atoms with Gasteiger partial charge >= 0.3 is 0 Å². The van der Waals surface area contributed by atoms with E-state index in [0.717, 1.165) is 11.2 Å². The van der Waals surface area contributed by atoms with Gasteiger partial charge in [-0.15, -0.1) is 0 Å². The summed E-state index contributed by atoms with van der Waals surface area (Å²) in [6.45, 7) is 0. The summed E-state index contributed by atoms with van der Waals surface area (Å²) in [4.78, 5) is 38.3. The Morgan fingerprint density at radius 3 is 2.57 bits per heavy atom. The molecule has 1 aliphatic carbocycles. The highest BCUT2D eigenvalue weighted by Gasteiger charge is 2.45. The van der Waals surface area contributed by atoms with E-state index in [-0.39, 0.29) is 71.3 Å². The fraction of sp³-hybridized carbons (Fsp3) is 0.387. The highest BCUT2D eigenvalue weighted by atomic mass is 35.5. The zero-order chi connectivity index (χ0) is 33.2. The van der Waals surface area contributed by atoms with Crippen LogP contribution in [0.15, 0.2) is 65.7 Å². The molecule has 0 radical (unpaired) electrons. The minimum absolute atomic E-state index is 0.0244. The molecule has 3 atom stereocenters. The molecular formula is C31H31ClF2N6O5S. The number of carbonyl (C=O) groups excluding carboxylic acids is 2. The number of anilines is 2. The van der Waals surface area contributed by atoms with E-state index in [2.05, 4.69) is 15.3 Å². The van der Waals surface area contributed by atoms with Gasteiger partial charge in [-0.25, -0.2) is 27.2 Å². The van der Waals surface area contributed by atoms with Gasteiger partial charge in [0.05, 0.1) is 4.90 Å². The minimum Gasteiger partial charge on any atom is -0.376 e. The van der Waals surface area contributed by atoms with Crippen LogP contribution in [0.1, 0.15) is 55.8 Å². The maximum absolute atomic E-state index is 14.8. The molecule has 11 nitrogen and oxygen atoms in total. The molecule has 2 aromatic carbocycles. The van der Waals surface area contributed by atoms with Crippen LogP contribution in [0.4, 0.5) is 20.4 Å². The van der Waals surface area contributed by atoms with E-state index in [1.54, 1.807) is 24.3 Å².